The summed E-state index contributed by atoms with van der Waals surface area (Å²) >= 11 is 5.92. The molecule has 1 aromatic carbocycles. The van der Waals surface area contributed by atoms with Crippen LogP contribution in [-0.2, 0) is 11.2 Å². The lowest BCUT2D eigenvalue weighted by atomic mass is 10.0. The number of rotatable bonds is 5. The molecule has 156 valence electrons. The van der Waals surface area contributed by atoms with Crippen LogP contribution in [0.2, 0.25) is 5.15 Å². The van der Waals surface area contributed by atoms with Crippen molar-refractivity contribution < 1.29 is 14.0 Å². The van der Waals surface area contributed by atoms with Gasteiger partial charge in [0.1, 0.15) is 22.7 Å². The van der Waals surface area contributed by atoms with Crippen molar-refractivity contribution in [3.05, 3.63) is 64.8 Å². The van der Waals surface area contributed by atoms with Crippen molar-refractivity contribution in [1.82, 2.24) is 20.2 Å². The summed E-state index contributed by atoms with van der Waals surface area (Å²) in [6.45, 7) is 3.45. The summed E-state index contributed by atoms with van der Waals surface area (Å²) in [5.74, 6) is -0.431. The van der Waals surface area contributed by atoms with Gasteiger partial charge < -0.3 is 15.2 Å². The van der Waals surface area contributed by atoms with Crippen molar-refractivity contribution in [3.8, 4) is 0 Å². The number of fused-ring (bicyclic) bond motifs is 1. The van der Waals surface area contributed by atoms with Gasteiger partial charge in [-0.05, 0) is 42.2 Å². The van der Waals surface area contributed by atoms with Gasteiger partial charge >= 0.3 is 0 Å². The highest BCUT2D eigenvalue weighted by atomic mass is 35.5. The first kappa shape index (κ1) is 20.3. The number of carbonyl (C=O) groups excluding carboxylic acids is 2. The smallest absolute Gasteiger partial charge is 0.268 e. The van der Waals surface area contributed by atoms with E-state index in [1.54, 1.807) is 35.4 Å². The van der Waals surface area contributed by atoms with E-state index < -0.39 is 11.9 Å². The van der Waals surface area contributed by atoms with Crippen LogP contribution >= 0.6 is 11.6 Å². The van der Waals surface area contributed by atoms with Crippen molar-refractivity contribution in [2.75, 3.05) is 13.1 Å². The first-order chi connectivity index (χ1) is 14.4. The summed E-state index contributed by atoms with van der Waals surface area (Å²) in [5, 5.41) is 3.95. The SMILES string of the molecule is CC1CCN(C(=O)[C@H](Cc2ccc(F)cc2)NC(=O)c2cc3cc(Cl)ncc3[nH]2)C1. The maximum Gasteiger partial charge on any atom is 0.268 e. The van der Waals surface area contributed by atoms with E-state index in [0.29, 0.717) is 35.4 Å². The molecular formula is C22H22ClFN4O2. The van der Waals surface area contributed by atoms with Crippen LogP contribution in [0.1, 0.15) is 29.4 Å². The second-order valence-electron chi connectivity index (χ2n) is 7.81. The molecule has 1 aliphatic heterocycles. The summed E-state index contributed by atoms with van der Waals surface area (Å²) < 4.78 is 13.3. The van der Waals surface area contributed by atoms with Crippen molar-refractivity contribution in [3.63, 3.8) is 0 Å². The number of pyridine rings is 1. The monoisotopic (exact) mass is 428 g/mol. The summed E-state index contributed by atoms with van der Waals surface area (Å²) in [5.41, 5.74) is 1.77. The number of aromatic amines is 1. The number of likely N-dealkylation sites (tertiary alicyclic amines) is 1. The summed E-state index contributed by atoms with van der Waals surface area (Å²) in [7, 11) is 0. The van der Waals surface area contributed by atoms with Gasteiger partial charge in [-0.15, -0.1) is 0 Å². The van der Waals surface area contributed by atoms with Crippen LogP contribution in [0.3, 0.4) is 0 Å². The Kier molecular flexibility index (Phi) is 5.72. The van der Waals surface area contributed by atoms with Crippen LogP contribution in [0.25, 0.3) is 10.9 Å². The molecule has 6 nitrogen and oxygen atoms in total. The number of H-pyrrole nitrogens is 1. The minimum atomic E-state index is -0.749. The van der Waals surface area contributed by atoms with E-state index >= 15 is 0 Å². The number of hydrogen-bond acceptors (Lipinski definition) is 3. The van der Waals surface area contributed by atoms with Crippen LogP contribution in [0.4, 0.5) is 4.39 Å². The molecule has 30 heavy (non-hydrogen) atoms. The highest BCUT2D eigenvalue weighted by Crippen LogP contribution is 2.20. The Bertz CT molecular complexity index is 1080. The van der Waals surface area contributed by atoms with Gasteiger partial charge in [0, 0.05) is 24.9 Å². The fourth-order valence-corrected chi connectivity index (χ4v) is 3.94. The average Bonchev–Trinajstić information content (AvgIpc) is 3.34. The molecule has 2 atom stereocenters. The minimum Gasteiger partial charge on any atom is -0.349 e. The summed E-state index contributed by atoms with van der Waals surface area (Å²) in [6.07, 6.45) is 2.78. The number of aromatic nitrogens is 2. The molecule has 0 aliphatic carbocycles. The number of benzene rings is 1. The normalized spacial score (nSPS) is 17.3. The quantitative estimate of drug-likeness (QED) is 0.610. The van der Waals surface area contributed by atoms with Crippen LogP contribution in [-0.4, -0.2) is 45.8 Å². The molecule has 3 heterocycles. The summed E-state index contributed by atoms with van der Waals surface area (Å²) in [4.78, 5) is 34.9. The van der Waals surface area contributed by atoms with Crippen LogP contribution in [0.15, 0.2) is 42.6 Å². The third-order valence-electron chi connectivity index (χ3n) is 5.41. The third-order valence-corrected chi connectivity index (χ3v) is 5.62. The maximum atomic E-state index is 13.3. The fourth-order valence-electron chi connectivity index (χ4n) is 3.77. The molecule has 2 amide bonds. The van der Waals surface area contributed by atoms with Crippen molar-refractivity contribution in [2.45, 2.75) is 25.8 Å². The molecular weight excluding hydrogens is 407 g/mol. The molecule has 0 spiro atoms. The Morgan fingerprint density at radius 2 is 2.10 bits per heavy atom. The molecule has 2 N–H and O–H groups in total. The first-order valence-electron chi connectivity index (χ1n) is 9.87. The number of hydrogen-bond donors (Lipinski definition) is 2. The Hall–Kier alpha value is -2.93. The van der Waals surface area contributed by atoms with E-state index in [9.17, 15) is 14.0 Å². The largest absolute Gasteiger partial charge is 0.349 e. The van der Waals surface area contributed by atoms with Crippen LogP contribution in [0.5, 0.6) is 0 Å². The van der Waals surface area contributed by atoms with Gasteiger partial charge in [-0.1, -0.05) is 30.7 Å². The van der Waals surface area contributed by atoms with Gasteiger partial charge in [0.05, 0.1) is 11.7 Å². The molecule has 0 bridgehead atoms. The predicted octanol–water partition coefficient (Wildman–Crippen LogP) is 3.56. The molecule has 1 unspecified atom stereocenters. The second-order valence-corrected chi connectivity index (χ2v) is 8.20. The molecule has 2 aromatic heterocycles. The van der Waals surface area contributed by atoms with Crippen molar-refractivity contribution in [2.24, 2.45) is 5.92 Å². The van der Waals surface area contributed by atoms with Gasteiger partial charge in [0.2, 0.25) is 5.91 Å². The Labute approximate surface area is 178 Å². The zero-order valence-corrected chi connectivity index (χ0v) is 17.2. The molecule has 1 fully saturated rings. The van der Waals surface area contributed by atoms with E-state index in [4.69, 9.17) is 11.6 Å². The number of nitrogens with zero attached hydrogens (tertiary/aromatic N) is 2. The predicted molar refractivity (Wildman–Crippen MR) is 113 cm³/mol. The summed E-state index contributed by atoms with van der Waals surface area (Å²) in [6, 6.07) is 8.56. The van der Waals surface area contributed by atoms with Gasteiger partial charge in [-0.25, -0.2) is 9.37 Å². The fraction of sp³-hybridized carbons (Fsp3) is 0.318. The van der Waals surface area contributed by atoms with Crippen molar-refractivity contribution >= 4 is 34.3 Å². The van der Waals surface area contributed by atoms with Crippen LogP contribution < -0.4 is 5.32 Å². The maximum absolute atomic E-state index is 13.3. The standard InChI is InChI=1S/C22H22ClFN4O2/c1-13-6-7-28(12-13)22(30)18(8-14-2-4-16(24)5-3-14)27-21(29)17-9-15-10-20(23)25-11-19(15)26-17/h2-5,9-11,13,18,26H,6-8,12H2,1H3,(H,27,29)/t13?,18-/m0/s1. The molecule has 1 aliphatic rings. The Morgan fingerprint density at radius 1 is 1.33 bits per heavy atom. The lowest BCUT2D eigenvalue weighted by Crippen LogP contribution is -2.49. The number of amides is 2. The lowest BCUT2D eigenvalue weighted by Gasteiger charge is -2.24. The van der Waals surface area contributed by atoms with Gasteiger partial charge in [-0.3, -0.25) is 9.59 Å². The van der Waals surface area contributed by atoms with E-state index in [2.05, 4.69) is 22.2 Å². The molecule has 4 rings (SSSR count). The average molecular weight is 429 g/mol. The molecule has 1 saturated heterocycles. The second kappa shape index (κ2) is 8.44. The zero-order chi connectivity index (χ0) is 21.3. The molecule has 3 aromatic rings. The topological polar surface area (TPSA) is 78.1 Å². The van der Waals surface area contributed by atoms with Crippen molar-refractivity contribution in [1.29, 1.82) is 0 Å². The lowest BCUT2D eigenvalue weighted by molar-refractivity contribution is -0.132. The third kappa shape index (κ3) is 4.46. The van der Waals surface area contributed by atoms with E-state index in [1.165, 1.54) is 12.1 Å². The first-order valence-corrected chi connectivity index (χ1v) is 10.2. The number of carbonyl (C=O) groups is 2. The van der Waals surface area contributed by atoms with E-state index in [-0.39, 0.29) is 18.1 Å². The minimum absolute atomic E-state index is 0.127. The highest BCUT2D eigenvalue weighted by Gasteiger charge is 2.31. The van der Waals surface area contributed by atoms with Gasteiger partial charge in [0.25, 0.3) is 5.91 Å². The van der Waals surface area contributed by atoms with Gasteiger partial charge in [0.15, 0.2) is 0 Å². The van der Waals surface area contributed by atoms with E-state index in [1.807, 2.05) is 0 Å². The van der Waals surface area contributed by atoms with Gasteiger partial charge in [-0.2, -0.15) is 0 Å². The zero-order valence-electron chi connectivity index (χ0n) is 16.5. The Balaban J connectivity index is 1.56. The van der Waals surface area contributed by atoms with E-state index in [0.717, 1.165) is 17.4 Å². The van der Waals surface area contributed by atoms with Crippen LogP contribution in [0, 0.1) is 11.7 Å². The number of nitrogens with one attached hydrogen (secondary N) is 2. The molecule has 8 heteroatoms. The Morgan fingerprint density at radius 3 is 2.80 bits per heavy atom. The molecule has 0 radical (unpaired) electrons. The number of halogens is 2. The molecule has 0 saturated carbocycles. The highest BCUT2D eigenvalue weighted by molar-refractivity contribution is 6.30.